The van der Waals surface area contributed by atoms with Crippen molar-refractivity contribution in [2.75, 3.05) is 75.8 Å². The Bertz CT molecular complexity index is 5390. The number of methoxy groups -OCH3 is 6. The molecular weight excluding hydrogens is 1640 g/mol. The van der Waals surface area contributed by atoms with E-state index >= 15 is 0 Å². The number of aliphatic carboxylic acids is 1. The average Bonchev–Trinajstić information content (AvgIpc) is 1.03. The Hall–Kier alpha value is -16.8. The van der Waals surface area contributed by atoms with Crippen LogP contribution in [0.2, 0.25) is 0 Å². The predicted molar refractivity (Wildman–Crippen MR) is 453 cm³/mol. The van der Waals surface area contributed by atoms with Gasteiger partial charge in [-0.05, 0) is 143 Å². The fourth-order valence-electron chi connectivity index (χ4n) is 9.84. The van der Waals surface area contributed by atoms with E-state index in [2.05, 4.69) is 95.2 Å². The number of allylic oxidation sites excluding steroid dienone is 2. The maximum absolute atomic E-state index is 12.5. The second-order valence-electron chi connectivity index (χ2n) is 25.4. The Kier molecular flexibility index (Phi) is 42.8. The van der Waals surface area contributed by atoms with Gasteiger partial charge in [0, 0.05) is 70.5 Å². The quantitative estimate of drug-likeness (QED) is 0.00280. The first kappa shape index (κ1) is 102. The summed E-state index contributed by atoms with van der Waals surface area (Å²) in [6.45, 7) is 11.0. The molecule has 3 amide bonds. The van der Waals surface area contributed by atoms with Crippen LogP contribution in [0.3, 0.4) is 0 Å². The van der Waals surface area contributed by atoms with Gasteiger partial charge in [0.15, 0.2) is 11.4 Å². The third-order valence-electron chi connectivity index (χ3n) is 16.2. The number of carboxylic acid groups (broad SMARTS) is 1. The number of hydrogen-bond donors (Lipinski definition) is 9. The zero-order valence-corrected chi connectivity index (χ0v) is 69.1. The highest BCUT2D eigenvalue weighted by Gasteiger charge is 2.24. The van der Waals surface area contributed by atoms with E-state index in [0.29, 0.717) is 46.4 Å². The van der Waals surface area contributed by atoms with Gasteiger partial charge in [-0.15, -0.1) is 20.5 Å². The number of ether oxygens (including phenoxy) is 7. The second kappa shape index (κ2) is 52.2. The molecule has 1 aliphatic rings. The van der Waals surface area contributed by atoms with Gasteiger partial charge < -0.3 is 81.6 Å². The number of anilines is 6. The smallest absolute Gasteiger partial charge is 0.340 e. The number of nitrogen functional groups attached to an aromatic ring is 3. The summed E-state index contributed by atoms with van der Waals surface area (Å²) in [6.07, 6.45) is 2.95. The van der Waals surface area contributed by atoms with Gasteiger partial charge in [0.05, 0.1) is 103 Å². The number of carboxylic acids is 1. The molecule has 0 saturated carbocycles. The molecule has 9 rings (SSSR count). The van der Waals surface area contributed by atoms with Gasteiger partial charge in [-0.3, -0.25) is 59.1 Å². The Morgan fingerprint density at radius 2 is 0.848 bits per heavy atom. The number of aliphatic hydroxyl groups excluding tert-OH is 2. The molecule has 41 heteroatoms. The van der Waals surface area contributed by atoms with Crippen molar-refractivity contribution < 1.29 is 121 Å². The lowest BCUT2D eigenvalue weighted by atomic mass is 9.89. The van der Waals surface area contributed by atoms with Crippen LogP contribution in [0, 0.1) is 36.3 Å². The van der Waals surface area contributed by atoms with Crippen molar-refractivity contribution in [2.45, 2.75) is 72.6 Å². The molecule has 1 saturated heterocycles. The van der Waals surface area contributed by atoms with Crippen LogP contribution in [0.25, 0.3) is 0 Å². The summed E-state index contributed by atoms with van der Waals surface area (Å²) >= 11 is 0. The molecule has 2 atom stereocenters. The van der Waals surface area contributed by atoms with E-state index in [1.54, 1.807) is 37.3 Å². The number of carbonyl (C=O) groups excluding carboxylic acids is 11. The van der Waals surface area contributed by atoms with Crippen LogP contribution in [0.5, 0.6) is 0 Å². The van der Waals surface area contributed by atoms with Crippen LogP contribution in [-0.4, -0.2) is 144 Å². The Morgan fingerprint density at radius 1 is 0.480 bits per heavy atom. The van der Waals surface area contributed by atoms with E-state index in [9.17, 15) is 98.1 Å². The number of non-ortho nitro benzene ring substituents is 3. The minimum atomic E-state index is -0.919. The Labute approximate surface area is 713 Å². The number of ketones is 1. The van der Waals surface area contributed by atoms with Gasteiger partial charge in [0.2, 0.25) is 5.91 Å². The number of azo groups is 2. The van der Waals surface area contributed by atoms with E-state index < -0.39 is 97.2 Å². The van der Waals surface area contributed by atoms with E-state index in [0.717, 1.165) is 32.4 Å². The minimum absolute atomic E-state index is 0.0000806. The molecule has 658 valence electrons. The van der Waals surface area contributed by atoms with Crippen LogP contribution in [0.1, 0.15) is 140 Å². The molecule has 0 spiro atoms. The van der Waals surface area contributed by atoms with Gasteiger partial charge in [-0.1, -0.05) is 75.0 Å². The average molecular weight is 1730 g/mol. The maximum atomic E-state index is 12.5. The lowest BCUT2D eigenvalue weighted by Gasteiger charge is -2.16. The lowest BCUT2D eigenvalue weighted by molar-refractivity contribution is -0.385. The van der Waals surface area contributed by atoms with Crippen LogP contribution in [0.15, 0.2) is 238 Å². The Morgan fingerprint density at radius 3 is 1.18 bits per heavy atom. The molecule has 1 aliphatic heterocycles. The van der Waals surface area contributed by atoms with Crippen molar-refractivity contribution in [3.8, 4) is 0 Å². The largest absolute Gasteiger partial charge is 0.510 e. The number of nitrogens with two attached hydrogens (primary N) is 3. The van der Waals surface area contributed by atoms with Crippen molar-refractivity contribution in [2.24, 2.45) is 26.4 Å². The highest BCUT2D eigenvalue weighted by Crippen LogP contribution is 2.30. The molecule has 41 nitrogen and oxygen atoms in total. The zero-order valence-electron chi connectivity index (χ0n) is 69.1. The Balaban J connectivity index is 0.000000396. The number of hydrogen-bond acceptors (Lipinski definition) is 34. The van der Waals surface area contributed by atoms with Crippen molar-refractivity contribution in [1.82, 2.24) is 0 Å². The molecule has 125 heavy (non-hydrogen) atoms. The molecule has 0 radical (unpaired) electrons. The number of cyclic esters (lactones) is 1. The van der Waals surface area contributed by atoms with Gasteiger partial charge in [-0.25, -0.2) is 28.8 Å². The standard InChI is InChI=1S/C20H18N4O8.C20H20N4O6.C14H20O2.C10H10N2O4.C10H11NO4.C6H6N2O2.C4H4O2/c1-11(25)17(18(26)21-13-5-4-6-14(10-13)24(29)30)23-22-16-9-12(19(27)31-2)7-8-15(16)20(28)32-3;1-11(25)17(18(26)22-14-6-4-5-13(21)10-14)24-23-16-9-12(19(27)29-2)7-8-15(16)20(28)30-3;1-3-12(10-9-11(2)14(15)16)13-7-5-4-6-8-13;1-7(13)5-10(14)11-8-3-2-4-9(6-8)12(15)16;1-14-9(12)6-3-4-7(8(11)5-6)10(13)15-2;7-5-2-1-3-6(4-5)8(9)10;1-3-2-4(5)6-3/h4-10,25H,1-3H3,(H,21,26);4-10,25H,21H2,1-3H3,(H,22,26);4-8,11-12H,3,9-10H2,1-2H3,(H,15,16);2-4,6H,5H2,1H3,(H,11,14);3-5H,11H2,1-2H3;1-4H,7H2;1-2H2. The van der Waals surface area contributed by atoms with Gasteiger partial charge in [0.1, 0.15) is 40.9 Å². The summed E-state index contributed by atoms with van der Waals surface area (Å²) in [5.41, 5.74) is 18.9. The van der Waals surface area contributed by atoms with Crippen molar-refractivity contribution in [3.63, 3.8) is 0 Å². The summed E-state index contributed by atoms with van der Waals surface area (Å²) in [7, 11) is 7.23. The first-order valence-corrected chi connectivity index (χ1v) is 36.4. The molecule has 12 N–H and O–H groups in total. The minimum Gasteiger partial charge on any atom is -0.510 e. The number of nitrogens with one attached hydrogen (secondary N) is 3. The summed E-state index contributed by atoms with van der Waals surface area (Å²) in [5, 5.41) is 82.5. The fraction of sp³-hybridized carbons (Fsp3) is 0.214. The number of rotatable bonds is 26. The predicted octanol–water partition coefficient (Wildman–Crippen LogP) is 14.7. The normalized spacial score (nSPS) is 11.6. The SMILES string of the molecule is C=C1CC(=O)O1.CC(=O)CC(=O)Nc1cccc([N+](=O)[O-])c1.CCC(CCC(C)C(=O)O)c1ccccc1.COC(=O)c1ccc(C(=O)OC)c(N)c1.COC(=O)c1ccc(C(=O)OC)c(N=NC(C(=O)Nc2cccc(N)c2)=C(C)O)c1.COC(=O)c1ccc(C(=O)OC)c(N=NC(C(=O)Nc2cccc([N+](=O)[O-])c2)=C(C)O)c1.Nc1cccc([N+](=O)[O-])c1. The molecule has 0 bridgehead atoms. The van der Waals surface area contributed by atoms with E-state index in [1.807, 2.05) is 18.2 Å². The number of aliphatic hydroxyl groups is 2. The number of nitro groups is 3. The summed E-state index contributed by atoms with van der Waals surface area (Å²) in [4.78, 5) is 167. The van der Waals surface area contributed by atoms with E-state index in [-0.39, 0.29) is 91.7 Å². The summed E-state index contributed by atoms with van der Waals surface area (Å²) < 4.78 is 31.9. The molecule has 0 aromatic heterocycles. The molecule has 1 heterocycles. The first-order valence-electron chi connectivity index (χ1n) is 36.4. The maximum Gasteiger partial charge on any atom is 0.340 e. The van der Waals surface area contributed by atoms with Crippen LogP contribution < -0.4 is 33.2 Å². The van der Waals surface area contributed by atoms with Crippen molar-refractivity contribution in [3.05, 3.63) is 287 Å². The number of nitro benzene ring substituents is 3. The van der Waals surface area contributed by atoms with Crippen LogP contribution in [0.4, 0.5) is 62.6 Å². The number of amides is 3. The van der Waals surface area contributed by atoms with Gasteiger partial charge in [-0.2, -0.15) is 0 Å². The van der Waals surface area contributed by atoms with Gasteiger partial charge >= 0.3 is 47.8 Å². The van der Waals surface area contributed by atoms with E-state index in [1.165, 1.54) is 177 Å². The highest BCUT2D eigenvalue weighted by atomic mass is 16.6. The summed E-state index contributed by atoms with van der Waals surface area (Å²) in [6, 6.07) is 45.2. The molecule has 8 aromatic rings. The topological polar surface area (TPSA) is 623 Å². The third-order valence-corrected chi connectivity index (χ3v) is 16.2. The van der Waals surface area contributed by atoms with Crippen molar-refractivity contribution in [1.29, 1.82) is 0 Å². The fourth-order valence-corrected chi connectivity index (χ4v) is 9.84. The number of carbonyl (C=O) groups is 12. The molecule has 0 aliphatic carbocycles. The van der Waals surface area contributed by atoms with Crippen LogP contribution >= 0.6 is 0 Å². The summed E-state index contributed by atoms with van der Waals surface area (Å²) in [5.74, 6) is -7.26. The molecule has 8 aromatic carbocycles. The number of nitrogens with zero attached hydrogens (tertiary/aromatic N) is 7. The van der Waals surface area contributed by atoms with Crippen LogP contribution in [-0.2, 0) is 61.9 Å². The number of esters is 7. The number of benzene rings is 8. The first-order chi connectivity index (χ1) is 59.1. The highest BCUT2D eigenvalue weighted by molar-refractivity contribution is 6.06. The molecule has 2 unspecified atom stereocenters. The van der Waals surface area contributed by atoms with E-state index in [4.69, 9.17) is 22.3 Å². The second-order valence-corrected chi connectivity index (χ2v) is 25.4. The third kappa shape index (κ3) is 35.4. The molecular formula is C84H89N13O28. The van der Waals surface area contributed by atoms with Gasteiger partial charge in [0.25, 0.3) is 28.9 Å². The van der Waals surface area contributed by atoms with Crippen molar-refractivity contribution >= 4 is 134 Å². The lowest BCUT2D eigenvalue weighted by Crippen LogP contribution is -2.15. The number of Topliss-reactive ketones (excluding diaryl/α,β-unsaturated/α-hetero) is 1. The zero-order chi connectivity index (χ0) is 93.7. The monoisotopic (exact) mass is 1730 g/mol. The molecule has 1 fully saturated rings.